The van der Waals surface area contributed by atoms with Crippen LogP contribution < -0.4 is 5.32 Å². The quantitative estimate of drug-likeness (QED) is 0.275. The molecular weight excluding hydrogens is 350 g/mol. The van der Waals surface area contributed by atoms with E-state index in [1.165, 1.54) is 38.5 Å². The lowest BCUT2D eigenvalue weighted by Gasteiger charge is -2.23. The van der Waals surface area contributed by atoms with Gasteiger partial charge >= 0.3 is 0 Å². The molecule has 0 saturated carbocycles. The molecule has 28 heavy (non-hydrogen) atoms. The molecule has 0 aliphatic heterocycles. The van der Waals surface area contributed by atoms with Gasteiger partial charge in [-0.15, -0.1) is 0 Å². The third-order valence-electron chi connectivity index (χ3n) is 5.09. The van der Waals surface area contributed by atoms with Crippen LogP contribution in [0.3, 0.4) is 0 Å². The second-order valence-electron chi connectivity index (χ2n) is 9.10. The summed E-state index contributed by atoms with van der Waals surface area (Å²) in [6.45, 7) is 7.33. The average Bonchev–Trinajstić information content (AvgIpc) is 2.63. The Morgan fingerprint density at radius 3 is 1.79 bits per heavy atom. The van der Waals surface area contributed by atoms with Gasteiger partial charge < -0.3 is 14.7 Å². The summed E-state index contributed by atoms with van der Waals surface area (Å²) >= 11 is 0. The molecule has 0 atom stereocenters. The van der Waals surface area contributed by atoms with Crippen LogP contribution in [0, 0.1) is 0 Å². The molecule has 0 aromatic heterocycles. The minimum Gasteiger partial charge on any atom is -0.347 e. The van der Waals surface area contributed by atoms with Crippen LogP contribution in [0.5, 0.6) is 0 Å². The minimum absolute atomic E-state index is 0.00974. The summed E-state index contributed by atoms with van der Waals surface area (Å²) in [6.07, 6.45) is 13.0. The van der Waals surface area contributed by atoms with E-state index in [2.05, 4.69) is 40.3 Å². The first kappa shape index (κ1) is 26.9. The summed E-state index contributed by atoms with van der Waals surface area (Å²) in [5.74, 6) is 0.0851. The fourth-order valence-corrected chi connectivity index (χ4v) is 3.24. The highest BCUT2D eigenvalue weighted by molar-refractivity contribution is 5.84. The van der Waals surface area contributed by atoms with E-state index in [-0.39, 0.29) is 18.4 Å². The Hall–Kier alpha value is -1.10. The second kappa shape index (κ2) is 16.8. The predicted molar refractivity (Wildman–Crippen MR) is 119 cm³/mol. The zero-order valence-corrected chi connectivity index (χ0v) is 19.5. The largest absolute Gasteiger partial charge is 0.347 e. The van der Waals surface area contributed by atoms with E-state index < -0.39 is 0 Å². The normalized spacial score (nSPS) is 11.5. The van der Waals surface area contributed by atoms with E-state index in [9.17, 15) is 9.59 Å². The Bertz CT molecular complexity index is 393. The van der Waals surface area contributed by atoms with Gasteiger partial charge in [0.2, 0.25) is 11.8 Å². The summed E-state index contributed by atoms with van der Waals surface area (Å²) in [5, 5.41) is 2.84. The number of hydrogen-bond acceptors (Lipinski definition) is 2. The molecule has 0 aromatic rings. The highest BCUT2D eigenvalue weighted by atomic mass is 16.2. The van der Waals surface area contributed by atoms with Crippen molar-refractivity contribution in [3.05, 3.63) is 0 Å². The predicted octanol–water partition coefficient (Wildman–Crippen LogP) is 4.36. The molecule has 0 aliphatic rings. The number of nitrogens with one attached hydrogen (secondary N) is 1. The molecule has 0 saturated heterocycles. The van der Waals surface area contributed by atoms with Crippen LogP contribution in [0.25, 0.3) is 0 Å². The van der Waals surface area contributed by atoms with Crippen LogP contribution in [-0.4, -0.2) is 68.5 Å². The van der Waals surface area contributed by atoms with Crippen LogP contribution in [0.2, 0.25) is 0 Å². The number of carbonyl (C=O) groups excluding carboxylic acids is 2. The average molecular weight is 399 g/mol. The van der Waals surface area contributed by atoms with Crippen molar-refractivity contribution in [2.45, 2.75) is 90.9 Å². The van der Waals surface area contributed by atoms with Crippen molar-refractivity contribution < 1.29 is 14.1 Å². The van der Waals surface area contributed by atoms with Gasteiger partial charge in [-0.1, -0.05) is 52.4 Å². The molecule has 0 bridgehead atoms. The molecule has 5 heteroatoms. The lowest BCUT2D eigenvalue weighted by atomic mass is 10.1. The van der Waals surface area contributed by atoms with E-state index in [0.717, 1.165) is 56.2 Å². The number of hydrogen-bond donors (Lipinski definition) is 1. The fourth-order valence-electron chi connectivity index (χ4n) is 3.24. The second-order valence-corrected chi connectivity index (χ2v) is 9.10. The van der Waals surface area contributed by atoms with E-state index in [4.69, 9.17) is 0 Å². The number of quaternary nitrogens is 1. The molecule has 0 aromatic carbocycles. The molecule has 0 unspecified atom stereocenters. The highest BCUT2D eigenvalue weighted by Gasteiger charge is 2.14. The van der Waals surface area contributed by atoms with Crippen LogP contribution in [0.4, 0.5) is 0 Å². The third-order valence-corrected chi connectivity index (χ3v) is 5.09. The summed E-state index contributed by atoms with van der Waals surface area (Å²) in [6, 6.07) is 0. The monoisotopic (exact) mass is 398 g/mol. The fraction of sp³-hybridized carbons (Fsp3) is 0.913. The lowest BCUT2D eigenvalue weighted by Crippen LogP contribution is -2.41. The standard InChI is InChI=1S/C23H47N3O2/c1-6-8-10-14-18-25(19-15-11-9-7-2)23(28)21-24-22(27)17-13-12-16-20-26(3,4)5/h6-21H2,1-5H3/p+1. The molecule has 5 nitrogen and oxygen atoms in total. The van der Waals surface area contributed by atoms with Crippen LogP contribution >= 0.6 is 0 Å². The van der Waals surface area contributed by atoms with Gasteiger partial charge in [-0.3, -0.25) is 9.59 Å². The van der Waals surface area contributed by atoms with Crippen LogP contribution in [0.1, 0.15) is 90.9 Å². The van der Waals surface area contributed by atoms with Crippen molar-refractivity contribution in [1.29, 1.82) is 0 Å². The van der Waals surface area contributed by atoms with Gasteiger partial charge in [0, 0.05) is 19.5 Å². The molecule has 0 aliphatic carbocycles. The van der Waals surface area contributed by atoms with Gasteiger partial charge in [0.1, 0.15) is 0 Å². The summed E-state index contributed by atoms with van der Waals surface area (Å²) in [7, 11) is 6.57. The van der Waals surface area contributed by atoms with Crippen molar-refractivity contribution in [3.8, 4) is 0 Å². The SMILES string of the molecule is CCCCCCN(CCCCCC)C(=O)CNC(=O)CCCCC[N+](C)(C)C. The van der Waals surface area contributed by atoms with Gasteiger partial charge in [-0.25, -0.2) is 0 Å². The Morgan fingerprint density at radius 1 is 0.750 bits per heavy atom. The topological polar surface area (TPSA) is 49.4 Å². The third kappa shape index (κ3) is 17.0. The number of rotatable bonds is 18. The van der Waals surface area contributed by atoms with E-state index >= 15 is 0 Å². The Labute approximate surface area is 174 Å². The van der Waals surface area contributed by atoms with Crippen molar-refractivity contribution in [1.82, 2.24) is 10.2 Å². The maximum absolute atomic E-state index is 12.6. The highest BCUT2D eigenvalue weighted by Crippen LogP contribution is 2.06. The molecule has 0 spiro atoms. The van der Waals surface area contributed by atoms with Gasteiger partial charge in [0.05, 0.1) is 34.2 Å². The molecule has 0 heterocycles. The lowest BCUT2D eigenvalue weighted by molar-refractivity contribution is -0.870. The maximum Gasteiger partial charge on any atom is 0.241 e. The summed E-state index contributed by atoms with van der Waals surface area (Å²) in [4.78, 5) is 26.6. The minimum atomic E-state index is 0.00974. The number of unbranched alkanes of at least 4 members (excludes halogenated alkanes) is 8. The molecule has 2 amide bonds. The van der Waals surface area contributed by atoms with Gasteiger partial charge in [-0.2, -0.15) is 0 Å². The van der Waals surface area contributed by atoms with Crippen molar-refractivity contribution in [2.24, 2.45) is 0 Å². The van der Waals surface area contributed by atoms with Crippen molar-refractivity contribution >= 4 is 11.8 Å². The Morgan fingerprint density at radius 2 is 1.29 bits per heavy atom. The van der Waals surface area contributed by atoms with Gasteiger partial charge in [0.15, 0.2) is 0 Å². The molecule has 0 rings (SSSR count). The number of nitrogens with zero attached hydrogens (tertiary/aromatic N) is 2. The summed E-state index contributed by atoms with van der Waals surface area (Å²) in [5.41, 5.74) is 0. The Kier molecular flexibility index (Phi) is 16.2. The maximum atomic E-state index is 12.6. The zero-order valence-electron chi connectivity index (χ0n) is 19.5. The van der Waals surface area contributed by atoms with Crippen molar-refractivity contribution in [3.63, 3.8) is 0 Å². The van der Waals surface area contributed by atoms with Crippen LogP contribution in [0.15, 0.2) is 0 Å². The van der Waals surface area contributed by atoms with Crippen LogP contribution in [-0.2, 0) is 9.59 Å². The van der Waals surface area contributed by atoms with E-state index in [1.54, 1.807) is 0 Å². The van der Waals surface area contributed by atoms with Gasteiger partial charge in [-0.05, 0) is 32.1 Å². The molecule has 0 fully saturated rings. The Balaban J connectivity index is 4.11. The molecule has 1 N–H and O–H groups in total. The van der Waals surface area contributed by atoms with Gasteiger partial charge in [0.25, 0.3) is 0 Å². The molecule has 166 valence electrons. The van der Waals surface area contributed by atoms with E-state index in [1.807, 2.05) is 4.90 Å². The van der Waals surface area contributed by atoms with Crippen molar-refractivity contribution in [2.75, 3.05) is 47.3 Å². The number of carbonyl (C=O) groups is 2. The first-order valence-electron chi connectivity index (χ1n) is 11.6. The molecule has 0 radical (unpaired) electrons. The smallest absolute Gasteiger partial charge is 0.241 e. The summed E-state index contributed by atoms with van der Waals surface area (Å²) < 4.78 is 0.965. The molecular formula is C23H48N3O2+. The first-order chi connectivity index (χ1) is 13.3. The zero-order chi connectivity index (χ0) is 21.3. The first-order valence-corrected chi connectivity index (χ1v) is 11.6. The number of amides is 2. The van der Waals surface area contributed by atoms with E-state index in [0.29, 0.717) is 6.42 Å².